The Bertz CT molecular complexity index is 265. The third kappa shape index (κ3) is 2.65. The molecule has 1 heterocycles. The SMILES string of the molecule is CCC1(C(=O)N[C@H](C)C2CCCC2)CCCN1. The lowest BCUT2D eigenvalue weighted by molar-refractivity contribution is -0.128. The molecule has 0 aromatic rings. The summed E-state index contributed by atoms with van der Waals surface area (Å²) >= 11 is 0. The number of hydrogen-bond donors (Lipinski definition) is 2. The second-order valence-corrected chi connectivity index (χ2v) is 5.77. The molecule has 2 rings (SSSR count). The topological polar surface area (TPSA) is 41.1 Å². The second kappa shape index (κ2) is 5.38. The van der Waals surface area contributed by atoms with Crippen molar-refractivity contribution in [3.8, 4) is 0 Å². The van der Waals surface area contributed by atoms with E-state index >= 15 is 0 Å². The van der Waals surface area contributed by atoms with Gasteiger partial charge < -0.3 is 10.6 Å². The van der Waals surface area contributed by atoms with Crippen molar-refractivity contribution in [2.24, 2.45) is 5.92 Å². The highest BCUT2D eigenvalue weighted by atomic mass is 16.2. The lowest BCUT2D eigenvalue weighted by Gasteiger charge is -2.30. The first-order valence-electron chi connectivity index (χ1n) is 7.24. The summed E-state index contributed by atoms with van der Waals surface area (Å²) in [6.45, 7) is 5.27. The summed E-state index contributed by atoms with van der Waals surface area (Å²) in [5.41, 5.74) is -0.271. The average Bonchev–Trinajstić information content (AvgIpc) is 3.01. The smallest absolute Gasteiger partial charge is 0.240 e. The van der Waals surface area contributed by atoms with Gasteiger partial charge in [0.05, 0.1) is 5.54 Å². The summed E-state index contributed by atoms with van der Waals surface area (Å²) in [5.74, 6) is 0.936. The first-order valence-corrected chi connectivity index (χ1v) is 7.24. The lowest BCUT2D eigenvalue weighted by Crippen LogP contribution is -2.55. The van der Waals surface area contributed by atoms with E-state index in [0.717, 1.165) is 25.8 Å². The molecule has 2 atom stereocenters. The van der Waals surface area contributed by atoms with Crippen molar-refractivity contribution >= 4 is 5.91 Å². The van der Waals surface area contributed by atoms with Crippen LogP contribution in [0.3, 0.4) is 0 Å². The van der Waals surface area contributed by atoms with Crippen LogP contribution in [0.25, 0.3) is 0 Å². The van der Waals surface area contributed by atoms with Crippen molar-refractivity contribution in [1.82, 2.24) is 10.6 Å². The monoisotopic (exact) mass is 238 g/mol. The van der Waals surface area contributed by atoms with E-state index in [1.54, 1.807) is 0 Å². The van der Waals surface area contributed by atoms with Crippen LogP contribution in [0.5, 0.6) is 0 Å². The number of carbonyl (C=O) groups is 1. The standard InChI is InChI=1S/C14H26N2O/c1-3-14(9-6-10-15-14)13(17)16-11(2)12-7-4-5-8-12/h11-12,15H,3-10H2,1-2H3,(H,16,17)/t11-,14?/m1/s1. The number of carbonyl (C=O) groups excluding carboxylic acids is 1. The summed E-state index contributed by atoms with van der Waals surface area (Å²) in [6.07, 6.45) is 8.26. The molecule has 1 unspecified atom stereocenters. The van der Waals surface area contributed by atoms with Crippen molar-refractivity contribution in [2.75, 3.05) is 6.54 Å². The highest BCUT2D eigenvalue weighted by molar-refractivity contribution is 5.86. The van der Waals surface area contributed by atoms with Crippen LogP contribution in [0.15, 0.2) is 0 Å². The molecule has 98 valence electrons. The zero-order valence-electron chi connectivity index (χ0n) is 11.2. The zero-order valence-corrected chi connectivity index (χ0v) is 11.2. The molecule has 0 aromatic carbocycles. The average molecular weight is 238 g/mol. The number of rotatable bonds is 4. The van der Waals surface area contributed by atoms with Gasteiger partial charge in [0.25, 0.3) is 0 Å². The molecular weight excluding hydrogens is 212 g/mol. The van der Waals surface area contributed by atoms with Gasteiger partial charge in [0.2, 0.25) is 5.91 Å². The summed E-state index contributed by atoms with van der Waals surface area (Å²) in [5, 5.41) is 6.66. The van der Waals surface area contributed by atoms with Crippen LogP contribution in [0.4, 0.5) is 0 Å². The molecule has 0 radical (unpaired) electrons. The fraction of sp³-hybridized carbons (Fsp3) is 0.929. The molecule has 1 aliphatic carbocycles. The molecule has 1 saturated heterocycles. The second-order valence-electron chi connectivity index (χ2n) is 5.77. The highest BCUT2D eigenvalue weighted by Gasteiger charge is 2.40. The minimum atomic E-state index is -0.271. The third-order valence-electron chi connectivity index (χ3n) is 4.75. The van der Waals surface area contributed by atoms with Gasteiger partial charge in [0, 0.05) is 6.04 Å². The normalized spacial score (nSPS) is 31.6. The van der Waals surface area contributed by atoms with Gasteiger partial charge in [0.15, 0.2) is 0 Å². The largest absolute Gasteiger partial charge is 0.352 e. The Morgan fingerprint density at radius 1 is 1.41 bits per heavy atom. The van der Waals surface area contributed by atoms with Gasteiger partial charge in [-0.25, -0.2) is 0 Å². The van der Waals surface area contributed by atoms with E-state index in [-0.39, 0.29) is 11.4 Å². The minimum absolute atomic E-state index is 0.233. The predicted molar refractivity (Wildman–Crippen MR) is 69.8 cm³/mol. The van der Waals surface area contributed by atoms with E-state index in [1.807, 2.05) is 0 Å². The van der Waals surface area contributed by atoms with E-state index < -0.39 is 0 Å². The maximum atomic E-state index is 12.4. The van der Waals surface area contributed by atoms with E-state index in [1.165, 1.54) is 25.7 Å². The van der Waals surface area contributed by atoms with Gasteiger partial charge in [-0.2, -0.15) is 0 Å². The molecule has 0 bridgehead atoms. The van der Waals surface area contributed by atoms with Gasteiger partial charge in [-0.05, 0) is 51.5 Å². The maximum absolute atomic E-state index is 12.4. The predicted octanol–water partition coefficient (Wildman–Crippen LogP) is 2.21. The Hall–Kier alpha value is -0.570. The molecule has 3 nitrogen and oxygen atoms in total. The number of hydrogen-bond acceptors (Lipinski definition) is 2. The highest BCUT2D eigenvalue weighted by Crippen LogP contribution is 2.29. The van der Waals surface area contributed by atoms with E-state index in [2.05, 4.69) is 24.5 Å². The van der Waals surface area contributed by atoms with Crippen LogP contribution in [0.1, 0.15) is 58.8 Å². The Balaban J connectivity index is 1.90. The Kier molecular flexibility index (Phi) is 4.08. The van der Waals surface area contributed by atoms with E-state index in [4.69, 9.17) is 0 Å². The summed E-state index contributed by atoms with van der Waals surface area (Å²) in [4.78, 5) is 12.4. The molecule has 1 saturated carbocycles. The van der Waals surface area contributed by atoms with Crippen LogP contribution in [-0.4, -0.2) is 24.0 Å². The third-order valence-corrected chi connectivity index (χ3v) is 4.75. The molecule has 1 amide bonds. The Morgan fingerprint density at radius 3 is 2.65 bits per heavy atom. The quantitative estimate of drug-likeness (QED) is 0.788. The fourth-order valence-corrected chi connectivity index (χ4v) is 3.38. The maximum Gasteiger partial charge on any atom is 0.240 e. The van der Waals surface area contributed by atoms with Gasteiger partial charge >= 0.3 is 0 Å². The molecule has 1 aliphatic heterocycles. The Labute approximate surface area is 105 Å². The van der Waals surface area contributed by atoms with Crippen molar-refractivity contribution in [2.45, 2.75) is 70.4 Å². The number of nitrogens with one attached hydrogen (secondary N) is 2. The molecule has 0 spiro atoms. The molecule has 2 fully saturated rings. The van der Waals surface area contributed by atoms with E-state index in [9.17, 15) is 4.79 Å². The zero-order chi connectivity index (χ0) is 12.3. The van der Waals surface area contributed by atoms with Gasteiger partial charge in [-0.3, -0.25) is 4.79 Å². The molecule has 17 heavy (non-hydrogen) atoms. The first kappa shape index (κ1) is 12.9. The summed E-state index contributed by atoms with van der Waals surface area (Å²) < 4.78 is 0. The van der Waals surface area contributed by atoms with E-state index in [0.29, 0.717) is 12.0 Å². The summed E-state index contributed by atoms with van der Waals surface area (Å²) in [6, 6.07) is 0.343. The number of amides is 1. The fourth-order valence-electron chi connectivity index (χ4n) is 3.38. The Morgan fingerprint density at radius 2 is 2.12 bits per heavy atom. The van der Waals surface area contributed by atoms with Crippen LogP contribution in [-0.2, 0) is 4.79 Å². The van der Waals surface area contributed by atoms with Gasteiger partial charge in [0.1, 0.15) is 0 Å². The van der Waals surface area contributed by atoms with Crippen LogP contribution in [0.2, 0.25) is 0 Å². The molecule has 2 N–H and O–H groups in total. The lowest BCUT2D eigenvalue weighted by atomic mass is 9.91. The van der Waals surface area contributed by atoms with Gasteiger partial charge in [-0.1, -0.05) is 19.8 Å². The van der Waals surface area contributed by atoms with Crippen molar-refractivity contribution in [3.05, 3.63) is 0 Å². The van der Waals surface area contributed by atoms with Crippen molar-refractivity contribution < 1.29 is 4.79 Å². The molecule has 3 heteroatoms. The van der Waals surface area contributed by atoms with Crippen LogP contribution >= 0.6 is 0 Å². The molecule has 0 aromatic heterocycles. The van der Waals surface area contributed by atoms with Gasteiger partial charge in [-0.15, -0.1) is 0 Å². The summed E-state index contributed by atoms with van der Waals surface area (Å²) in [7, 11) is 0. The minimum Gasteiger partial charge on any atom is -0.352 e. The molecule has 2 aliphatic rings. The molecular formula is C14H26N2O. The van der Waals surface area contributed by atoms with Crippen molar-refractivity contribution in [3.63, 3.8) is 0 Å². The first-order chi connectivity index (χ1) is 8.18. The van der Waals surface area contributed by atoms with Crippen LogP contribution in [0, 0.1) is 5.92 Å². The van der Waals surface area contributed by atoms with Crippen LogP contribution < -0.4 is 10.6 Å². The van der Waals surface area contributed by atoms with Crippen molar-refractivity contribution in [1.29, 1.82) is 0 Å².